The molecule has 146 heavy (non-hydrogen) atoms. The van der Waals surface area contributed by atoms with Crippen LogP contribution in [0.5, 0.6) is 0 Å². The van der Waals surface area contributed by atoms with Crippen LogP contribution < -0.4 is 19.6 Å². The monoisotopic (exact) mass is 1890 g/mol. The third-order valence-electron chi connectivity index (χ3n) is 29.3. The molecule has 0 radical (unpaired) electrons. The van der Waals surface area contributed by atoms with Crippen LogP contribution in [0.2, 0.25) is 0 Å². The quantitative estimate of drug-likeness (QED) is 0.0622. The van der Waals surface area contributed by atoms with Gasteiger partial charge in [-0.15, -0.1) is 0 Å². The zero-order valence-electron chi connectivity index (χ0n) is 79.8. The van der Waals surface area contributed by atoms with Gasteiger partial charge in [-0.2, -0.15) is 0 Å². The van der Waals surface area contributed by atoms with E-state index in [1.54, 1.807) is 12.1 Å². The molecule has 0 aliphatic carbocycles. The molecule has 0 N–H and O–H groups in total. The van der Waals surface area contributed by atoms with Crippen molar-refractivity contribution in [2.45, 2.75) is 39.5 Å². The van der Waals surface area contributed by atoms with Crippen LogP contribution in [0.15, 0.2) is 467 Å². The summed E-state index contributed by atoms with van der Waals surface area (Å²) in [4.78, 5) is 8.51. The summed E-state index contributed by atoms with van der Waals surface area (Å²) in [6, 6.07) is 149. The molecular weight excluding hydrogens is 1810 g/mol. The van der Waals surface area contributed by atoms with Gasteiger partial charge in [-0.25, -0.2) is 17.6 Å². The Bertz CT molecular complexity index is 9490. The van der Waals surface area contributed by atoms with Gasteiger partial charge in [0.15, 0.2) is 22.3 Å². The van der Waals surface area contributed by atoms with E-state index in [1.165, 1.54) is 35.4 Å². The topological polar surface area (TPSA) is 65.5 Å². The van der Waals surface area contributed by atoms with Crippen LogP contribution >= 0.6 is 0 Å². The Hall–Kier alpha value is -18.5. The van der Waals surface area contributed by atoms with Crippen LogP contribution in [0.4, 0.5) is 85.8 Å². The SMILES string of the molecule is CC(C)c1cc2ccc3c(N(c4c(F)cc(-c5ccccc5)cc4-c4ccccc4)c4cccc5c4oc4ccccc45)cc(N(c4c(F)cc(-c5ccccc5)cc4-c4ccccc4)c4cccc5c4oc4ccccc45)c4ccc(c1)c2c34.CC(C)c1cc2ccc3c(N(c4ccc(F)cc4)c4cccc5c4oc4ccccc45)cc(N(c4ccc(F)cc4)c4cccc5c4oc4ccccc45)c4ccc(c1)c2c34. The first-order valence-electron chi connectivity index (χ1n) is 49.4. The van der Waals surface area contributed by atoms with E-state index in [2.05, 4.69) is 205 Å². The van der Waals surface area contributed by atoms with Gasteiger partial charge in [0.05, 0.1) is 56.9 Å². The largest absolute Gasteiger partial charge is 0.454 e. The highest BCUT2D eigenvalue weighted by Crippen LogP contribution is 2.60. The summed E-state index contributed by atoms with van der Waals surface area (Å²) >= 11 is 0. The minimum absolute atomic E-state index is 0.254. The lowest BCUT2D eigenvalue weighted by Crippen LogP contribution is -2.17. The van der Waals surface area contributed by atoms with Crippen LogP contribution in [0.25, 0.3) is 197 Å². The van der Waals surface area contributed by atoms with Crippen molar-refractivity contribution < 1.29 is 35.2 Å². The molecule has 0 amide bonds. The molecule has 0 fully saturated rings. The molecule has 8 nitrogen and oxygen atoms in total. The highest BCUT2D eigenvalue weighted by Gasteiger charge is 2.36. The molecule has 0 aliphatic rings. The molecule has 0 spiro atoms. The summed E-state index contributed by atoms with van der Waals surface area (Å²) in [5.74, 6) is -0.957. The highest BCUT2D eigenvalue weighted by atomic mass is 19.1. The fourth-order valence-corrected chi connectivity index (χ4v) is 22.5. The summed E-state index contributed by atoms with van der Waals surface area (Å²) in [6.07, 6.45) is 0. The summed E-state index contributed by atoms with van der Waals surface area (Å²) in [5, 5.41) is 19.9. The summed E-state index contributed by atoms with van der Waals surface area (Å²) < 4.78 is 95.3. The molecule has 696 valence electrons. The average Bonchev–Trinajstić information content (AvgIpc) is 1.01. The molecule has 4 aromatic heterocycles. The number of para-hydroxylation sites is 8. The van der Waals surface area contributed by atoms with Crippen molar-refractivity contribution in [2.24, 2.45) is 0 Å². The standard InChI is InChI=1S/C79H52F2N2O2.C55H36F2N2O2/c1-48(2)55-41-53-37-39-62-70(82(68-33-19-31-60-58-29-15-17-35-72(58)84-78(60)68)76-64(51-25-11-5-12-26-51)43-56(45-66(76)80)49-21-7-3-8-22-49)47-71(63-40-38-54(42-55)74(53)75(62)63)83(69-34-20-32-61-59-30-16-18-36-73(59)85-79(61)69)77-65(52-27-13-6-14-28-52)44-57(46-67(77)81)50-23-9-4-10-24-50;1-32(2)35-29-33-17-27-44-48(58(38-23-19-36(56)20-24-38)46-13-7-11-42-40-9-3-5-15-50(40)60-54(42)46)31-49(45-28-18-34(30-35)52(33)53(44)45)59(39-25-21-37(57)22-26-39)47-14-8-12-43-41-10-4-6-16-51(41)61-55(43)47/h3-48H,1-2H3;3-32H,1-2H3. The van der Waals surface area contributed by atoms with Gasteiger partial charge >= 0.3 is 0 Å². The second kappa shape index (κ2) is 34.7. The Balaban J connectivity index is 0.000000153. The molecule has 0 bridgehead atoms. The van der Waals surface area contributed by atoms with Crippen molar-refractivity contribution in [3.63, 3.8) is 0 Å². The van der Waals surface area contributed by atoms with Gasteiger partial charge < -0.3 is 37.3 Å². The third kappa shape index (κ3) is 14.2. The second-order valence-corrected chi connectivity index (χ2v) is 38.5. The van der Waals surface area contributed by atoms with Crippen LogP contribution in [0, 0.1) is 23.3 Å². The number of benzene rings is 24. The Morgan fingerprint density at radius 3 is 0.747 bits per heavy atom. The molecule has 24 aromatic carbocycles. The Morgan fingerprint density at radius 1 is 0.192 bits per heavy atom. The number of furan rings is 4. The van der Waals surface area contributed by atoms with Gasteiger partial charge in [-0.1, -0.05) is 343 Å². The van der Waals surface area contributed by atoms with Crippen molar-refractivity contribution in [1.82, 2.24) is 0 Å². The number of fused-ring (bicyclic) bond motifs is 12. The number of anilines is 12. The molecule has 0 atom stereocenters. The fraction of sp³-hybridized carbons (Fsp3) is 0.0448. The van der Waals surface area contributed by atoms with Crippen molar-refractivity contribution in [2.75, 3.05) is 19.6 Å². The lowest BCUT2D eigenvalue weighted by atomic mass is 9.88. The van der Waals surface area contributed by atoms with Crippen LogP contribution in [-0.2, 0) is 0 Å². The molecule has 0 saturated carbocycles. The number of rotatable bonds is 18. The molecular formula is C134H88F4N4O4. The van der Waals surface area contributed by atoms with E-state index in [4.69, 9.17) is 17.7 Å². The fourth-order valence-electron chi connectivity index (χ4n) is 22.5. The first-order chi connectivity index (χ1) is 71.7. The van der Waals surface area contributed by atoms with Gasteiger partial charge in [0.2, 0.25) is 0 Å². The normalized spacial score (nSPS) is 12.0. The molecule has 28 aromatic rings. The molecule has 0 unspecified atom stereocenters. The van der Waals surface area contributed by atoms with Crippen LogP contribution in [0.3, 0.4) is 0 Å². The van der Waals surface area contributed by atoms with E-state index in [9.17, 15) is 8.78 Å². The van der Waals surface area contributed by atoms with Crippen LogP contribution in [0.1, 0.15) is 50.7 Å². The van der Waals surface area contributed by atoms with E-state index in [1.807, 2.05) is 255 Å². The molecule has 4 heterocycles. The predicted octanol–water partition coefficient (Wildman–Crippen LogP) is 40.1. The lowest BCUT2D eigenvalue weighted by Gasteiger charge is -2.34. The molecule has 12 heteroatoms. The minimum Gasteiger partial charge on any atom is -0.454 e. The maximum atomic E-state index is 19.0. The van der Waals surface area contributed by atoms with Crippen molar-refractivity contribution >= 4 is 221 Å². The van der Waals surface area contributed by atoms with Gasteiger partial charge in [-0.3, -0.25) is 0 Å². The van der Waals surface area contributed by atoms with Gasteiger partial charge in [0, 0.05) is 97.9 Å². The maximum Gasteiger partial charge on any atom is 0.159 e. The minimum atomic E-state index is -0.444. The van der Waals surface area contributed by atoms with Crippen molar-refractivity contribution in [3.8, 4) is 44.5 Å². The summed E-state index contributed by atoms with van der Waals surface area (Å²) in [6.45, 7) is 8.89. The number of nitrogens with zero attached hydrogens (tertiary/aromatic N) is 4. The van der Waals surface area contributed by atoms with E-state index < -0.39 is 11.6 Å². The van der Waals surface area contributed by atoms with Gasteiger partial charge in [0.1, 0.15) is 45.6 Å². The lowest BCUT2D eigenvalue weighted by molar-refractivity contribution is 0.627. The first kappa shape index (κ1) is 86.6. The third-order valence-corrected chi connectivity index (χ3v) is 29.3. The number of halogens is 4. The smallest absolute Gasteiger partial charge is 0.159 e. The van der Waals surface area contributed by atoms with Crippen molar-refractivity contribution in [1.29, 1.82) is 0 Å². The second-order valence-electron chi connectivity index (χ2n) is 38.5. The van der Waals surface area contributed by atoms with E-state index in [0.29, 0.717) is 84.7 Å². The highest BCUT2D eigenvalue weighted by molar-refractivity contribution is 6.32. The van der Waals surface area contributed by atoms with Crippen LogP contribution in [-0.4, -0.2) is 0 Å². The van der Waals surface area contributed by atoms with Crippen molar-refractivity contribution in [3.05, 3.63) is 483 Å². The number of hydrogen-bond acceptors (Lipinski definition) is 8. The zero-order chi connectivity index (χ0) is 97.8. The zero-order valence-corrected chi connectivity index (χ0v) is 79.8. The average molecular weight is 1890 g/mol. The Morgan fingerprint density at radius 2 is 0.452 bits per heavy atom. The maximum absolute atomic E-state index is 19.0. The Kier molecular flexibility index (Phi) is 20.6. The van der Waals surface area contributed by atoms with Gasteiger partial charge in [-0.05, 0) is 222 Å². The summed E-state index contributed by atoms with van der Waals surface area (Å²) in [7, 11) is 0. The molecule has 0 aliphatic heterocycles. The molecule has 0 saturated heterocycles. The number of hydrogen-bond donors (Lipinski definition) is 0. The van der Waals surface area contributed by atoms with E-state index >= 15 is 8.78 Å². The first-order valence-corrected chi connectivity index (χ1v) is 49.4. The van der Waals surface area contributed by atoms with E-state index in [-0.39, 0.29) is 17.6 Å². The van der Waals surface area contributed by atoms with Gasteiger partial charge in [0.25, 0.3) is 0 Å². The predicted molar refractivity (Wildman–Crippen MR) is 598 cm³/mol. The summed E-state index contributed by atoms with van der Waals surface area (Å²) in [5.41, 5.74) is 22.2. The Labute approximate surface area is 837 Å². The molecule has 28 rings (SSSR count). The van der Waals surface area contributed by atoms with E-state index in [0.717, 1.165) is 186 Å².